The van der Waals surface area contributed by atoms with Crippen LogP contribution < -0.4 is 5.32 Å². The van der Waals surface area contributed by atoms with Gasteiger partial charge in [0.1, 0.15) is 5.76 Å². The second-order valence-corrected chi connectivity index (χ2v) is 3.66. The first-order chi connectivity index (χ1) is 6.90. The molecule has 1 aromatic rings. The Morgan fingerprint density at radius 2 is 2.50 bits per heavy atom. The standard InChI is InChI=1S/C10H16N2O2/c1-13-5-4-11-7-9-6-10(14-12-9)8-2-3-8/h6,8,11H,2-5,7H2,1H3. The molecule has 0 saturated heterocycles. The fraction of sp³-hybridized carbons (Fsp3) is 0.700. The van der Waals surface area contributed by atoms with Crippen molar-refractivity contribution in [2.75, 3.05) is 20.3 Å². The molecule has 0 radical (unpaired) electrons. The van der Waals surface area contributed by atoms with E-state index in [-0.39, 0.29) is 0 Å². The van der Waals surface area contributed by atoms with Crippen molar-refractivity contribution in [1.82, 2.24) is 10.5 Å². The van der Waals surface area contributed by atoms with Crippen LogP contribution in [0, 0.1) is 0 Å². The van der Waals surface area contributed by atoms with E-state index >= 15 is 0 Å². The fourth-order valence-electron chi connectivity index (χ4n) is 1.36. The average Bonchev–Trinajstić information content (AvgIpc) is 2.94. The number of rotatable bonds is 6. The molecule has 78 valence electrons. The summed E-state index contributed by atoms with van der Waals surface area (Å²) in [7, 11) is 1.70. The molecule has 0 unspecified atom stereocenters. The highest BCUT2D eigenvalue weighted by Gasteiger charge is 2.27. The SMILES string of the molecule is COCCNCc1cc(C2CC2)on1. The molecule has 0 spiro atoms. The fourth-order valence-corrected chi connectivity index (χ4v) is 1.36. The largest absolute Gasteiger partial charge is 0.383 e. The minimum Gasteiger partial charge on any atom is -0.383 e. The Balaban J connectivity index is 1.72. The van der Waals surface area contributed by atoms with Crippen molar-refractivity contribution in [3.8, 4) is 0 Å². The van der Waals surface area contributed by atoms with Crippen LogP contribution in [-0.2, 0) is 11.3 Å². The molecule has 0 aromatic carbocycles. The second kappa shape index (κ2) is 4.57. The zero-order valence-electron chi connectivity index (χ0n) is 8.45. The molecule has 1 aliphatic rings. The Bertz CT molecular complexity index is 281. The summed E-state index contributed by atoms with van der Waals surface area (Å²) in [6.07, 6.45) is 2.51. The van der Waals surface area contributed by atoms with Gasteiger partial charge >= 0.3 is 0 Å². The number of hydrogen-bond donors (Lipinski definition) is 1. The van der Waals surface area contributed by atoms with Crippen LogP contribution in [0.4, 0.5) is 0 Å². The van der Waals surface area contributed by atoms with Crippen LogP contribution in [0.15, 0.2) is 10.6 Å². The van der Waals surface area contributed by atoms with Crippen molar-refractivity contribution >= 4 is 0 Å². The van der Waals surface area contributed by atoms with Crippen molar-refractivity contribution in [2.45, 2.75) is 25.3 Å². The zero-order valence-corrected chi connectivity index (χ0v) is 8.45. The topological polar surface area (TPSA) is 47.3 Å². The molecule has 1 heterocycles. The minimum absolute atomic E-state index is 0.648. The van der Waals surface area contributed by atoms with E-state index in [2.05, 4.69) is 16.5 Å². The summed E-state index contributed by atoms with van der Waals surface area (Å²) in [4.78, 5) is 0. The molecule has 1 fully saturated rings. The third kappa shape index (κ3) is 2.56. The lowest BCUT2D eigenvalue weighted by Crippen LogP contribution is -2.18. The second-order valence-electron chi connectivity index (χ2n) is 3.66. The van der Waals surface area contributed by atoms with Crippen LogP contribution in [-0.4, -0.2) is 25.4 Å². The van der Waals surface area contributed by atoms with Crippen LogP contribution in [0.2, 0.25) is 0 Å². The highest BCUT2D eigenvalue weighted by Crippen LogP contribution is 2.40. The Morgan fingerprint density at radius 3 is 3.21 bits per heavy atom. The zero-order chi connectivity index (χ0) is 9.80. The van der Waals surface area contributed by atoms with E-state index in [0.29, 0.717) is 5.92 Å². The van der Waals surface area contributed by atoms with Gasteiger partial charge in [-0.25, -0.2) is 0 Å². The van der Waals surface area contributed by atoms with Gasteiger partial charge < -0.3 is 14.6 Å². The summed E-state index contributed by atoms with van der Waals surface area (Å²) in [5, 5.41) is 7.22. The van der Waals surface area contributed by atoms with Crippen LogP contribution in [0.5, 0.6) is 0 Å². The lowest BCUT2D eigenvalue weighted by Gasteiger charge is -1.99. The molecule has 1 aromatic heterocycles. The van der Waals surface area contributed by atoms with Crippen molar-refractivity contribution < 1.29 is 9.26 Å². The van der Waals surface area contributed by atoms with Crippen LogP contribution in [0.25, 0.3) is 0 Å². The Labute approximate surface area is 83.6 Å². The predicted molar refractivity (Wildman–Crippen MR) is 52.1 cm³/mol. The number of methoxy groups -OCH3 is 1. The van der Waals surface area contributed by atoms with Gasteiger partial charge in [-0.3, -0.25) is 0 Å². The van der Waals surface area contributed by atoms with Gasteiger partial charge in [0.25, 0.3) is 0 Å². The van der Waals surface area contributed by atoms with E-state index in [1.54, 1.807) is 7.11 Å². The van der Waals surface area contributed by atoms with Gasteiger partial charge in [0.05, 0.1) is 12.3 Å². The Hall–Kier alpha value is -0.870. The smallest absolute Gasteiger partial charge is 0.140 e. The molecular weight excluding hydrogens is 180 g/mol. The van der Waals surface area contributed by atoms with Crippen LogP contribution in [0.1, 0.15) is 30.2 Å². The van der Waals surface area contributed by atoms with E-state index in [1.807, 2.05) is 0 Å². The van der Waals surface area contributed by atoms with Gasteiger partial charge in [-0.05, 0) is 12.8 Å². The molecule has 2 rings (SSSR count). The van der Waals surface area contributed by atoms with E-state index in [0.717, 1.165) is 31.2 Å². The van der Waals surface area contributed by atoms with E-state index in [1.165, 1.54) is 12.8 Å². The van der Waals surface area contributed by atoms with Crippen molar-refractivity contribution in [2.24, 2.45) is 0 Å². The molecule has 0 aliphatic heterocycles. The maximum absolute atomic E-state index is 5.22. The lowest BCUT2D eigenvalue weighted by molar-refractivity contribution is 0.199. The number of hydrogen-bond acceptors (Lipinski definition) is 4. The maximum atomic E-state index is 5.22. The Morgan fingerprint density at radius 1 is 1.64 bits per heavy atom. The molecule has 1 saturated carbocycles. The molecule has 0 amide bonds. The first kappa shape index (κ1) is 9.68. The van der Waals surface area contributed by atoms with Crippen molar-refractivity contribution in [3.05, 3.63) is 17.5 Å². The summed E-state index contributed by atoms with van der Waals surface area (Å²) in [5.74, 6) is 1.70. The summed E-state index contributed by atoms with van der Waals surface area (Å²) in [5.41, 5.74) is 0.989. The lowest BCUT2D eigenvalue weighted by atomic mass is 10.3. The third-order valence-electron chi connectivity index (χ3n) is 2.35. The van der Waals surface area contributed by atoms with Crippen molar-refractivity contribution in [3.63, 3.8) is 0 Å². The maximum Gasteiger partial charge on any atom is 0.140 e. The molecule has 4 nitrogen and oxygen atoms in total. The monoisotopic (exact) mass is 196 g/mol. The number of nitrogens with zero attached hydrogens (tertiary/aromatic N) is 1. The van der Waals surface area contributed by atoms with Gasteiger partial charge in [0.15, 0.2) is 0 Å². The van der Waals surface area contributed by atoms with Crippen LogP contribution >= 0.6 is 0 Å². The highest BCUT2D eigenvalue weighted by atomic mass is 16.5. The van der Waals surface area contributed by atoms with E-state index in [9.17, 15) is 0 Å². The average molecular weight is 196 g/mol. The van der Waals surface area contributed by atoms with Crippen LogP contribution in [0.3, 0.4) is 0 Å². The predicted octanol–water partition coefficient (Wildman–Crippen LogP) is 1.29. The van der Waals surface area contributed by atoms with Gasteiger partial charge in [0.2, 0.25) is 0 Å². The normalized spacial score (nSPS) is 16.1. The number of ether oxygens (including phenoxy) is 1. The minimum atomic E-state index is 0.648. The first-order valence-corrected chi connectivity index (χ1v) is 5.05. The summed E-state index contributed by atoms with van der Waals surface area (Å²) in [6.45, 7) is 2.34. The van der Waals surface area contributed by atoms with Gasteiger partial charge in [-0.2, -0.15) is 0 Å². The molecule has 1 N–H and O–H groups in total. The third-order valence-corrected chi connectivity index (χ3v) is 2.35. The summed E-state index contributed by atoms with van der Waals surface area (Å²) < 4.78 is 10.2. The molecule has 1 aliphatic carbocycles. The molecular formula is C10H16N2O2. The highest BCUT2D eigenvalue weighted by molar-refractivity contribution is 5.14. The van der Waals surface area contributed by atoms with Gasteiger partial charge in [0, 0.05) is 32.2 Å². The van der Waals surface area contributed by atoms with E-state index < -0.39 is 0 Å². The summed E-state index contributed by atoms with van der Waals surface area (Å²) in [6, 6.07) is 2.05. The van der Waals surface area contributed by atoms with E-state index in [4.69, 9.17) is 9.26 Å². The quantitative estimate of drug-likeness (QED) is 0.696. The number of nitrogens with one attached hydrogen (secondary N) is 1. The molecule has 4 heteroatoms. The molecule has 0 atom stereocenters. The summed E-state index contributed by atoms with van der Waals surface area (Å²) >= 11 is 0. The number of aromatic nitrogens is 1. The molecule has 14 heavy (non-hydrogen) atoms. The first-order valence-electron chi connectivity index (χ1n) is 5.05. The Kier molecular flexibility index (Phi) is 3.16. The van der Waals surface area contributed by atoms with Gasteiger partial charge in [-0.15, -0.1) is 0 Å². The molecule has 0 bridgehead atoms. The van der Waals surface area contributed by atoms with Crippen molar-refractivity contribution in [1.29, 1.82) is 0 Å². The van der Waals surface area contributed by atoms with Gasteiger partial charge in [-0.1, -0.05) is 5.16 Å².